The van der Waals surface area contributed by atoms with Crippen molar-refractivity contribution in [3.8, 4) is 0 Å². The third kappa shape index (κ3) is 4.13. The topological polar surface area (TPSA) is 95.2 Å². The van der Waals surface area contributed by atoms with Crippen molar-refractivity contribution in [2.24, 2.45) is 0 Å². The van der Waals surface area contributed by atoms with Gasteiger partial charge in [-0.3, -0.25) is 9.69 Å². The quantitative estimate of drug-likeness (QED) is 0.670. The van der Waals surface area contributed by atoms with Crippen LogP contribution >= 0.6 is 0 Å². The van der Waals surface area contributed by atoms with Gasteiger partial charge in [-0.15, -0.1) is 0 Å². The molecule has 0 bridgehead atoms. The molecule has 1 saturated heterocycles. The number of carbonyl (C=O) groups is 1. The number of benzene rings is 1. The van der Waals surface area contributed by atoms with Gasteiger partial charge in [0, 0.05) is 13.1 Å². The predicted molar refractivity (Wildman–Crippen MR) is 94.5 cm³/mol. The highest BCUT2D eigenvalue weighted by Crippen LogP contribution is 2.26. The Bertz CT molecular complexity index is 691. The number of ether oxygens (including phenoxy) is 1. The first-order valence-electron chi connectivity index (χ1n) is 8.60. The van der Waals surface area contributed by atoms with Crippen molar-refractivity contribution in [2.75, 3.05) is 20.2 Å². The lowest BCUT2D eigenvalue weighted by Crippen LogP contribution is -2.49. The molecule has 0 radical (unpaired) electrons. The van der Waals surface area contributed by atoms with Crippen LogP contribution in [0.3, 0.4) is 0 Å². The minimum absolute atomic E-state index is 0.205. The molecule has 7 nitrogen and oxygen atoms in total. The minimum Gasteiger partial charge on any atom is -0.459 e. The number of nitrogens with zero attached hydrogens (tertiary/aromatic N) is 1. The maximum atomic E-state index is 12.1. The smallest absolute Gasteiger partial charge is 0.287 e. The van der Waals surface area contributed by atoms with Crippen molar-refractivity contribution in [3.05, 3.63) is 60.1 Å². The van der Waals surface area contributed by atoms with Gasteiger partial charge in [0.2, 0.25) is 0 Å². The standard InChI is InChI=1S/C19H24N2O5/c1-21(11-13-6-3-2-4-7-13)17-15(26-16(12-22)18(17)23)10-20-19(24)14-8-5-9-25-14/h2-9,15-18,22-23H,10-12H2,1H3,(H,20,24)/t15-,16+,17-,18-/m1/s1. The van der Waals surface area contributed by atoms with Gasteiger partial charge in [0.05, 0.1) is 25.0 Å². The molecular weight excluding hydrogens is 336 g/mol. The van der Waals surface area contributed by atoms with Gasteiger partial charge in [0.15, 0.2) is 5.76 Å². The zero-order valence-electron chi connectivity index (χ0n) is 14.6. The number of hydrogen-bond acceptors (Lipinski definition) is 6. The van der Waals surface area contributed by atoms with Crippen molar-refractivity contribution >= 4 is 5.91 Å². The first kappa shape index (κ1) is 18.6. The molecule has 1 aromatic heterocycles. The highest BCUT2D eigenvalue weighted by Gasteiger charge is 2.45. The molecule has 1 aliphatic heterocycles. The van der Waals surface area contributed by atoms with Crippen molar-refractivity contribution in [3.63, 3.8) is 0 Å². The molecule has 0 spiro atoms. The number of aliphatic hydroxyl groups is 2. The lowest BCUT2D eigenvalue weighted by atomic mass is 10.0. The summed E-state index contributed by atoms with van der Waals surface area (Å²) in [6, 6.07) is 12.8. The molecule has 2 aromatic rings. The van der Waals surface area contributed by atoms with Crippen molar-refractivity contribution < 1.29 is 24.2 Å². The van der Waals surface area contributed by atoms with Gasteiger partial charge in [-0.1, -0.05) is 30.3 Å². The second-order valence-electron chi connectivity index (χ2n) is 6.46. The van der Waals surface area contributed by atoms with Crippen molar-refractivity contribution in [2.45, 2.75) is 30.9 Å². The van der Waals surface area contributed by atoms with Crippen LogP contribution in [0.15, 0.2) is 53.1 Å². The monoisotopic (exact) mass is 360 g/mol. The SMILES string of the molecule is CN(Cc1ccccc1)[C@H]1[C@H](O)[C@H](CO)O[C@@H]1CNC(=O)c1ccco1. The minimum atomic E-state index is -0.848. The van der Waals surface area contributed by atoms with Crippen LogP contribution in [-0.2, 0) is 11.3 Å². The summed E-state index contributed by atoms with van der Waals surface area (Å²) < 4.78 is 10.8. The van der Waals surface area contributed by atoms with E-state index in [4.69, 9.17) is 9.15 Å². The maximum absolute atomic E-state index is 12.1. The summed E-state index contributed by atoms with van der Waals surface area (Å²) in [5.41, 5.74) is 1.10. The van der Waals surface area contributed by atoms with E-state index in [9.17, 15) is 15.0 Å². The molecule has 1 aromatic carbocycles. The van der Waals surface area contributed by atoms with Crippen LogP contribution in [0.1, 0.15) is 16.1 Å². The molecular formula is C19H24N2O5. The first-order chi connectivity index (χ1) is 12.6. The summed E-state index contributed by atoms with van der Waals surface area (Å²) >= 11 is 0. The number of nitrogens with one attached hydrogen (secondary N) is 1. The molecule has 1 aliphatic rings. The first-order valence-corrected chi connectivity index (χ1v) is 8.60. The van der Waals surface area contributed by atoms with Gasteiger partial charge >= 0.3 is 0 Å². The third-order valence-electron chi connectivity index (χ3n) is 4.63. The van der Waals surface area contributed by atoms with E-state index >= 15 is 0 Å². The Labute approximate surface area is 152 Å². The molecule has 0 aliphatic carbocycles. The summed E-state index contributed by atoms with van der Waals surface area (Å²) in [5, 5.41) is 22.8. The van der Waals surface area contributed by atoms with Gasteiger partial charge in [-0.05, 0) is 24.7 Å². The zero-order chi connectivity index (χ0) is 18.5. The maximum Gasteiger partial charge on any atom is 0.287 e. The number of rotatable bonds is 7. The third-order valence-corrected chi connectivity index (χ3v) is 4.63. The Balaban J connectivity index is 1.66. The van der Waals surface area contributed by atoms with E-state index in [-0.39, 0.29) is 30.9 Å². The Morgan fingerprint density at radius 2 is 1.96 bits per heavy atom. The lowest BCUT2D eigenvalue weighted by molar-refractivity contribution is -0.0209. The zero-order valence-corrected chi connectivity index (χ0v) is 14.6. The number of likely N-dealkylation sites (N-methyl/N-ethyl adjacent to an activating group) is 1. The van der Waals surface area contributed by atoms with E-state index in [1.54, 1.807) is 12.1 Å². The van der Waals surface area contributed by atoms with E-state index in [1.807, 2.05) is 42.3 Å². The van der Waals surface area contributed by atoms with Crippen molar-refractivity contribution in [1.82, 2.24) is 10.2 Å². The van der Waals surface area contributed by atoms with E-state index in [0.717, 1.165) is 5.56 Å². The molecule has 0 saturated carbocycles. The average Bonchev–Trinajstić information content (AvgIpc) is 3.28. The molecule has 3 N–H and O–H groups in total. The van der Waals surface area contributed by atoms with Gasteiger partial charge in [-0.25, -0.2) is 0 Å². The number of furan rings is 1. The van der Waals surface area contributed by atoms with Crippen molar-refractivity contribution in [1.29, 1.82) is 0 Å². The van der Waals surface area contributed by atoms with Gasteiger partial charge in [-0.2, -0.15) is 0 Å². The second-order valence-corrected chi connectivity index (χ2v) is 6.46. The van der Waals surface area contributed by atoms with Gasteiger partial charge < -0.3 is 24.7 Å². The number of aliphatic hydroxyl groups excluding tert-OH is 2. The van der Waals surface area contributed by atoms with E-state index in [2.05, 4.69) is 5.32 Å². The molecule has 140 valence electrons. The lowest BCUT2D eigenvalue weighted by Gasteiger charge is -2.30. The van der Waals surface area contributed by atoms with Crippen LogP contribution in [0.5, 0.6) is 0 Å². The Hall–Kier alpha value is -2.19. The van der Waals surface area contributed by atoms with Crippen LogP contribution in [0, 0.1) is 0 Å². The molecule has 7 heteroatoms. The second kappa shape index (κ2) is 8.46. The molecule has 26 heavy (non-hydrogen) atoms. The molecule has 2 heterocycles. The summed E-state index contributed by atoms with van der Waals surface area (Å²) in [5.74, 6) is -0.124. The highest BCUT2D eigenvalue weighted by atomic mass is 16.5. The summed E-state index contributed by atoms with van der Waals surface area (Å²) in [7, 11) is 1.89. The largest absolute Gasteiger partial charge is 0.459 e. The Morgan fingerprint density at radius 3 is 2.62 bits per heavy atom. The van der Waals surface area contributed by atoms with Crippen LogP contribution in [0.4, 0.5) is 0 Å². The van der Waals surface area contributed by atoms with E-state index < -0.39 is 18.3 Å². The fourth-order valence-corrected chi connectivity index (χ4v) is 3.35. The van der Waals surface area contributed by atoms with Gasteiger partial charge in [0.25, 0.3) is 5.91 Å². The fraction of sp³-hybridized carbons (Fsp3) is 0.421. The summed E-state index contributed by atoms with van der Waals surface area (Å²) in [4.78, 5) is 14.1. The number of carbonyl (C=O) groups excluding carboxylic acids is 1. The van der Waals surface area contributed by atoms with Gasteiger partial charge in [0.1, 0.15) is 12.2 Å². The van der Waals surface area contributed by atoms with Crippen LogP contribution in [-0.4, -0.2) is 65.6 Å². The Morgan fingerprint density at radius 1 is 1.19 bits per heavy atom. The summed E-state index contributed by atoms with van der Waals surface area (Å²) in [6.45, 7) is 0.545. The normalized spacial score (nSPS) is 25.5. The van der Waals surface area contributed by atoms with E-state index in [0.29, 0.717) is 6.54 Å². The number of hydrogen-bond donors (Lipinski definition) is 3. The average molecular weight is 360 g/mol. The van der Waals surface area contributed by atoms with Crippen LogP contribution in [0.2, 0.25) is 0 Å². The van der Waals surface area contributed by atoms with Crippen LogP contribution < -0.4 is 5.32 Å². The number of amides is 1. The molecule has 3 rings (SSSR count). The summed E-state index contributed by atoms with van der Waals surface area (Å²) in [6.07, 6.45) is -0.541. The Kier molecular flexibility index (Phi) is 6.05. The molecule has 1 fully saturated rings. The fourth-order valence-electron chi connectivity index (χ4n) is 3.35. The highest BCUT2D eigenvalue weighted by molar-refractivity contribution is 5.91. The predicted octanol–water partition coefficient (Wildman–Crippen LogP) is 0.631. The molecule has 4 atom stereocenters. The van der Waals surface area contributed by atoms with Crippen LogP contribution in [0.25, 0.3) is 0 Å². The van der Waals surface area contributed by atoms with E-state index in [1.165, 1.54) is 6.26 Å². The molecule has 1 amide bonds. The molecule has 0 unspecified atom stereocenters.